The third-order valence-corrected chi connectivity index (χ3v) is 3.83. The standard InChI is InChI=1S/C18H16N2O3/c1-10(2)11-3-5-12(6-4-11)16(21)19-13-7-8-14-15(9-13)18(23)20-17(14)22/h3-10H,1-2H3,(H,19,21)(H,20,22,23). The minimum Gasteiger partial charge on any atom is -0.322 e. The molecule has 2 aromatic rings. The highest BCUT2D eigenvalue weighted by Crippen LogP contribution is 2.21. The van der Waals surface area contributed by atoms with E-state index in [4.69, 9.17) is 0 Å². The fourth-order valence-electron chi connectivity index (χ4n) is 2.47. The Balaban J connectivity index is 1.79. The maximum absolute atomic E-state index is 12.3. The van der Waals surface area contributed by atoms with Crippen LogP contribution in [0.4, 0.5) is 5.69 Å². The van der Waals surface area contributed by atoms with Crippen molar-refractivity contribution in [3.63, 3.8) is 0 Å². The number of nitrogens with one attached hydrogen (secondary N) is 2. The van der Waals surface area contributed by atoms with Crippen LogP contribution in [0.2, 0.25) is 0 Å². The minimum atomic E-state index is -0.442. The topological polar surface area (TPSA) is 75.3 Å². The lowest BCUT2D eigenvalue weighted by Crippen LogP contribution is -2.19. The second-order valence-electron chi connectivity index (χ2n) is 5.77. The van der Waals surface area contributed by atoms with Crippen molar-refractivity contribution in [1.29, 1.82) is 0 Å². The molecule has 23 heavy (non-hydrogen) atoms. The van der Waals surface area contributed by atoms with E-state index in [0.29, 0.717) is 22.7 Å². The second kappa shape index (κ2) is 5.68. The molecule has 0 spiro atoms. The SMILES string of the molecule is CC(C)c1ccc(C(=O)Nc2ccc3c(c2)C(=O)NC3=O)cc1. The van der Waals surface area contributed by atoms with Gasteiger partial charge in [-0.05, 0) is 41.8 Å². The molecule has 1 aliphatic heterocycles. The lowest BCUT2D eigenvalue weighted by Gasteiger charge is -2.08. The van der Waals surface area contributed by atoms with Crippen LogP contribution < -0.4 is 10.6 Å². The van der Waals surface area contributed by atoms with Gasteiger partial charge in [0.05, 0.1) is 11.1 Å². The van der Waals surface area contributed by atoms with Crippen LogP contribution in [-0.4, -0.2) is 17.7 Å². The average Bonchev–Trinajstić information content (AvgIpc) is 2.81. The van der Waals surface area contributed by atoms with Gasteiger partial charge >= 0.3 is 0 Å². The zero-order valence-corrected chi connectivity index (χ0v) is 12.8. The molecule has 1 aliphatic rings. The number of anilines is 1. The molecule has 1 heterocycles. The highest BCUT2D eigenvalue weighted by atomic mass is 16.2. The third-order valence-electron chi connectivity index (χ3n) is 3.83. The van der Waals surface area contributed by atoms with Gasteiger partial charge in [-0.2, -0.15) is 0 Å². The largest absolute Gasteiger partial charge is 0.322 e. The molecular formula is C18H16N2O3. The van der Waals surface area contributed by atoms with Crippen LogP contribution >= 0.6 is 0 Å². The Bertz CT molecular complexity index is 808. The fraction of sp³-hybridized carbons (Fsp3) is 0.167. The van der Waals surface area contributed by atoms with Crippen molar-refractivity contribution in [3.8, 4) is 0 Å². The highest BCUT2D eigenvalue weighted by Gasteiger charge is 2.26. The van der Waals surface area contributed by atoms with Crippen LogP contribution in [0.1, 0.15) is 56.4 Å². The van der Waals surface area contributed by atoms with E-state index in [1.807, 2.05) is 12.1 Å². The van der Waals surface area contributed by atoms with E-state index in [0.717, 1.165) is 5.56 Å². The summed E-state index contributed by atoms with van der Waals surface area (Å²) in [5.74, 6) is -0.709. The van der Waals surface area contributed by atoms with Gasteiger partial charge in [-0.15, -0.1) is 0 Å². The monoisotopic (exact) mass is 308 g/mol. The van der Waals surface area contributed by atoms with Gasteiger partial charge in [-0.1, -0.05) is 26.0 Å². The maximum Gasteiger partial charge on any atom is 0.259 e. The number of rotatable bonds is 3. The van der Waals surface area contributed by atoms with Crippen molar-refractivity contribution in [2.45, 2.75) is 19.8 Å². The van der Waals surface area contributed by atoms with Crippen LogP contribution in [0, 0.1) is 0 Å². The molecule has 0 saturated heterocycles. The van der Waals surface area contributed by atoms with Crippen molar-refractivity contribution in [2.75, 3.05) is 5.32 Å². The first kappa shape index (κ1) is 15.0. The molecular weight excluding hydrogens is 292 g/mol. The normalized spacial score (nSPS) is 13.0. The van der Waals surface area contributed by atoms with Crippen LogP contribution in [0.15, 0.2) is 42.5 Å². The van der Waals surface area contributed by atoms with Gasteiger partial charge in [-0.3, -0.25) is 19.7 Å². The van der Waals surface area contributed by atoms with Gasteiger partial charge in [0, 0.05) is 11.3 Å². The van der Waals surface area contributed by atoms with E-state index < -0.39 is 11.8 Å². The third kappa shape index (κ3) is 2.85. The Morgan fingerprint density at radius 2 is 1.61 bits per heavy atom. The molecule has 2 N–H and O–H groups in total. The van der Waals surface area contributed by atoms with Gasteiger partial charge in [0.25, 0.3) is 17.7 Å². The molecule has 0 bridgehead atoms. The van der Waals surface area contributed by atoms with Gasteiger partial charge in [0.2, 0.25) is 0 Å². The summed E-state index contributed by atoms with van der Waals surface area (Å²) in [5.41, 5.74) is 2.79. The van der Waals surface area contributed by atoms with Crippen LogP contribution in [0.25, 0.3) is 0 Å². The van der Waals surface area contributed by atoms with Gasteiger partial charge in [0.1, 0.15) is 0 Å². The molecule has 0 unspecified atom stereocenters. The number of carbonyl (C=O) groups excluding carboxylic acids is 3. The zero-order valence-electron chi connectivity index (χ0n) is 12.8. The Hall–Kier alpha value is -2.95. The molecule has 5 heteroatoms. The Morgan fingerprint density at radius 3 is 2.26 bits per heavy atom. The van der Waals surface area contributed by atoms with Crippen molar-refractivity contribution in [1.82, 2.24) is 5.32 Å². The smallest absolute Gasteiger partial charge is 0.259 e. The first-order valence-corrected chi connectivity index (χ1v) is 7.37. The van der Waals surface area contributed by atoms with E-state index in [1.165, 1.54) is 12.1 Å². The molecule has 5 nitrogen and oxygen atoms in total. The first-order valence-electron chi connectivity index (χ1n) is 7.37. The molecule has 0 saturated carbocycles. The molecule has 0 aromatic heterocycles. The zero-order chi connectivity index (χ0) is 16.6. The summed E-state index contributed by atoms with van der Waals surface area (Å²) in [6.45, 7) is 4.18. The number of fused-ring (bicyclic) bond motifs is 1. The first-order chi connectivity index (χ1) is 11.0. The quantitative estimate of drug-likeness (QED) is 0.856. The van der Waals surface area contributed by atoms with Gasteiger partial charge < -0.3 is 5.32 Å². The van der Waals surface area contributed by atoms with Gasteiger partial charge in [0.15, 0.2) is 0 Å². The predicted molar refractivity (Wildman–Crippen MR) is 86.7 cm³/mol. The van der Waals surface area contributed by atoms with Crippen molar-refractivity contribution in [2.24, 2.45) is 0 Å². The molecule has 3 rings (SSSR count). The van der Waals surface area contributed by atoms with Crippen molar-refractivity contribution >= 4 is 23.4 Å². The summed E-state index contributed by atoms with van der Waals surface area (Å²) >= 11 is 0. The summed E-state index contributed by atoms with van der Waals surface area (Å²) in [7, 11) is 0. The fourth-order valence-corrected chi connectivity index (χ4v) is 2.47. The molecule has 0 fully saturated rings. The van der Waals surface area contributed by atoms with E-state index >= 15 is 0 Å². The number of hydrogen-bond donors (Lipinski definition) is 2. The maximum atomic E-state index is 12.3. The molecule has 3 amide bonds. The van der Waals surface area contributed by atoms with Crippen LogP contribution in [0.3, 0.4) is 0 Å². The molecule has 0 radical (unpaired) electrons. The Morgan fingerprint density at radius 1 is 0.957 bits per heavy atom. The van der Waals surface area contributed by atoms with E-state index in [1.54, 1.807) is 18.2 Å². The summed E-state index contributed by atoms with van der Waals surface area (Å²) in [5, 5.41) is 4.96. The summed E-state index contributed by atoms with van der Waals surface area (Å²) < 4.78 is 0. The number of hydrogen-bond acceptors (Lipinski definition) is 3. The summed E-state index contributed by atoms with van der Waals surface area (Å²) in [6, 6.07) is 12.0. The highest BCUT2D eigenvalue weighted by molar-refractivity contribution is 6.22. The Labute approximate surface area is 133 Å². The minimum absolute atomic E-state index is 0.259. The van der Waals surface area contributed by atoms with Crippen LogP contribution in [0.5, 0.6) is 0 Å². The van der Waals surface area contributed by atoms with Gasteiger partial charge in [-0.25, -0.2) is 0 Å². The number of benzene rings is 2. The number of amides is 3. The lowest BCUT2D eigenvalue weighted by molar-refractivity contribution is 0.0878. The van der Waals surface area contributed by atoms with Crippen molar-refractivity contribution in [3.05, 3.63) is 64.7 Å². The molecule has 0 atom stereocenters. The lowest BCUT2D eigenvalue weighted by atomic mass is 10.0. The summed E-state index contributed by atoms with van der Waals surface area (Å²) in [6.07, 6.45) is 0. The molecule has 2 aromatic carbocycles. The van der Waals surface area contributed by atoms with E-state index in [-0.39, 0.29) is 11.5 Å². The average molecular weight is 308 g/mol. The number of imide groups is 1. The molecule has 0 aliphatic carbocycles. The number of carbonyl (C=O) groups is 3. The second-order valence-corrected chi connectivity index (χ2v) is 5.77. The van der Waals surface area contributed by atoms with Crippen LogP contribution in [-0.2, 0) is 0 Å². The summed E-state index contributed by atoms with van der Waals surface area (Å²) in [4.78, 5) is 35.4. The van der Waals surface area contributed by atoms with E-state index in [2.05, 4.69) is 24.5 Å². The predicted octanol–water partition coefficient (Wildman–Crippen LogP) is 2.95. The van der Waals surface area contributed by atoms with Crippen molar-refractivity contribution < 1.29 is 14.4 Å². The Kier molecular flexibility index (Phi) is 3.70. The molecule has 116 valence electrons. The van der Waals surface area contributed by atoms with E-state index in [9.17, 15) is 14.4 Å².